The van der Waals surface area contributed by atoms with Crippen molar-refractivity contribution in [3.63, 3.8) is 0 Å². The van der Waals surface area contributed by atoms with Crippen LogP contribution >= 0.6 is 12.2 Å². The van der Waals surface area contributed by atoms with E-state index in [1.807, 2.05) is 6.92 Å². The lowest BCUT2D eigenvalue weighted by Gasteiger charge is -2.28. The first-order valence-electron chi connectivity index (χ1n) is 5.47. The molecule has 3 heteroatoms. The third kappa shape index (κ3) is 3.74. The molecule has 84 valence electrons. The van der Waals surface area contributed by atoms with Crippen LogP contribution in [0, 0.1) is 11.8 Å². The van der Waals surface area contributed by atoms with Crippen molar-refractivity contribution < 1.29 is 4.79 Å². The predicted octanol–water partition coefficient (Wildman–Crippen LogP) is 2.61. The molecule has 0 bridgehead atoms. The molecule has 0 aromatic heterocycles. The van der Waals surface area contributed by atoms with E-state index in [0.717, 1.165) is 37.0 Å². The molecule has 0 heterocycles. The van der Waals surface area contributed by atoms with Crippen LogP contribution in [0.15, 0.2) is 12.2 Å². The first-order chi connectivity index (χ1) is 7.00. The topological polar surface area (TPSA) is 43.1 Å². The monoisotopic (exact) mass is 225 g/mol. The van der Waals surface area contributed by atoms with Crippen molar-refractivity contribution in [3.8, 4) is 0 Å². The number of amides is 1. The Kier molecular flexibility index (Phi) is 4.45. The van der Waals surface area contributed by atoms with Gasteiger partial charge in [-0.1, -0.05) is 24.4 Å². The Bertz CT molecular complexity index is 277. The summed E-state index contributed by atoms with van der Waals surface area (Å²) in [4.78, 5) is 12.0. The molecule has 0 spiro atoms. The van der Waals surface area contributed by atoms with Crippen LogP contribution < -0.4 is 5.73 Å². The Labute approximate surface area is 96.9 Å². The molecule has 1 aliphatic carbocycles. The van der Waals surface area contributed by atoms with Gasteiger partial charge in [0.1, 0.15) is 0 Å². The van der Waals surface area contributed by atoms with Crippen LogP contribution in [0.25, 0.3) is 0 Å². The molecule has 0 unspecified atom stereocenters. The lowest BCUT2D eigenvalue weighted by molar-refractivity contribution is -0.122. The van der Waals surface area contributed by atoms with E-state index in [-0.39, 0.29) is 11.8 Å². The van der Waals surface area contributed by atoms with Crippen molar-refractivity contribution in [2.45, 2.75) is 39.0 Å². The molecule has 2 N–H and O–H groups in total. The van der Waals surface area contributed by atoms with Gasteiger partial charge in [0.05, 0.1) is 0 Å². The van der Waals surface area contributed by atoms with E-state index in [0.29, 0.717) is 5.92 Å². The maximum Gasteiger partial charge on any atom is 0.220 e. The molecule has 0 radical (unpaired) electrons. The molecule has 1 amide bonds. The van der Waals surface area contributed by atoms with Crippen LogP contribution in [-0.4, -0.2) is 10.8 Å². The molecule has 15 heavy (non-hydrogen) atoms. The number of primary amides is 1. The summed E-state index contributed by atoms with van der Waals surface area (Å²) in [6.45, 7) is 6.04. The van der Waals surface area contributed by atoms with E-state index >= 15 is 0 Å². The quantitative estimate of drug-likeness (QED) is 0.590. The first kappa shape index (κ1) is 12.4. The van der Waals surface area contributed by atoms with E-state index < -0.39 is 0 Å². The standard InChI is InChI=1S/C12H19NOS/c1-8(7-9(2)15)10-3-5-11(6-4-10)12(13)14/h10-11H,1,3-7H2,2H3,(H2,13,14). The third-order valence-electron chi connectivity index (χ3n) is 3.18. The molecular weight excluding hydrogens is 206 g/mol. The van der Waals surface area contributed by atoms with Gasteiger partial charge >= 0.3 is 0 Å². The highest BCUT2D eigenvalue weighted by Gasteiger charge is 2.25. The van der Waals surface area contributed by atoms with Gasteiger partial charge in [0.2, 0.25) is 5.91 Å². The first-order valence-corrected chi connectivity index (χ1v) is 5.88. The number of thiocarbonyl (C=S) groups is 1. The van der Waals surface area contributed by atoms with Gasteiger partial charge in [-0.25, -0.2) is 0 Å². The fraction of sp³-hybridized carbons (Fsp3) is 0.667. The SMILES string of the molecule is C=C(CC(C)=S)C1CCC(C(N)=O)CC1. The molecule has 1 aliphatic rings. The van der Waals surface area contributed by atoms with Gasteiger partial charge in [0.15, 0.2) is 0 Å². The average molecular weight is 225 g/mol. The van der Waals surface area contributed by atoms with Crippen molar-refractivity contribution in [1.29, 1.82) is 0 Å². The molecule has 0 aliphatic heterocycles. The van der Waals surface area contributed by atoms with Crippen molar-refractivity contribution in [1.82, 2.24) is 0 Å². The van der Waals surface area contributed by atoms with E-state index in [1.54, 1.807) is 0 Å². The highest BCUT2D eigenvalue weighted by Crippen LogP contribution is 2.33. The second-order valence-corrected chi connectivity index (χ2v) is 5.18. The molecule has 1 rings (SSSR count). The highest BCUT2D eigenvalue weighted by molar-refractivity contribution is 7.80. The zero-order chi connectivity index (χ0) is 11.4. The third-order valence-corrected chi connectivity index (χ3v) is 3.33. The Hall–Kier alpha value is -0.700. The van der Waals surface area contributed by atoms with Crippen LogP contribution in [0.3, 0.4) is 0 Å². The molecule has 0 saturated heterocycles. The van der Waals surface area contributed by atoms with E-state index in [9.17, 15) is 4.79 Å². The minimum Gasteiger partial charge on any atom is -0.369 e. The van der Waals surface area contributed by atoms with E-state index in [2.05, 4.69) is 6.58 Å². The van der Waals surface area contributed by atoms with E-state index in [4.69, 9.17) is 18.0 Å². The average Bonchev–Trinajstić information content (AvgIpc) is 2.17. The van der Waals surface area contributed by atoms with Crippen LogP contribution in [0.1, 0.15) is 39.0 Å². The van der Waals surface area contributed by atoms with Gasteiger partial charge in [-0.05, 0) is 49.8 Å². The molecule has 1 saturated carbocycles. The highest BCUT2D eigenvalue weighted by atomic mass is 32.1. The maximum atomic E-state index is 11.0. The molecule has 1 fully saturated rings. The van der Waals surface area contributed by atoms with Crippen LogP contribution in [0.4, 0.5) is 0 Å². The summed E-state index contributed by atoms with van der Waals surface area (Å²) < 4.78 is 0. The fourth-order valence-corrected chi connectivity index (χ4v) is 2.44. The summed E-state index contributed by atoms with van der Waals surface area (Å²) in [5, 5.41) is 0. The minimum absolute atomic E-state index is 0.0858. The van der Waals surface area contributed by atoms with Crippen molar-refractivity contribution in [3.05, 3.63) is 12.2 Å². The number of nitrogens with two attached hydrogens (primary N) is 1. The minimum atomic E-state index is -0.148. The van der Waals surface area contributed by atoms with E-state index in [1.165, 1.54) is 5.57 Å². The molecule has 0 atom stereocenters. The van der Waals surface area contributed by atoms with Crippen molar-refractivity contribution in [2.24, 2.45) is 17.6 Å². The summed E-state index contributed by atoms with van der Waals surface area (Å²) in [7, 11) is 0. The van der Waals surface area contributed by atoms with Gasteiger partial charge in [0, 0.05) is 5.92 Å². The Morgan fingerprint density at radius 1 is 1.33 bits per heavy atom. The summed E-state index contributed by atoms with van der Waals surface area (Å²) >= 11 is 5.07. The zero-order valence-corrected chi connectivity index (χ0v) is 10.1. The molecule has 0 aromatic rings. The fourth-order valence-electron chi connectivity index (χ4n) is 2.25. The summed E-state index contributed by atoms with van der Waals surface area (Å²) in [6.07, 6.45) is 4.75. The van der Waals surface area contributed by atoms with Crippen LogP contribution in [0.5, 0.6) is 0 Å². The van der Waals surface area contributed by atoms with Gasteiger partial charge < -0.3 is 5.73 Å². The van der Waals surface area contributed by atoms with Crippen molar-refractivity contribution >= 4 is 23.0 Å². The normalized spacial score (nSPS) is 25.9. The van der Waals surface area contributed by atoms with Crippen LogP contribution in [0.2, 0.25) is 0 Å². The number of allylic oxidation sites excluding steroid dienone is 1. The smallest absolute Gasteiger partial charge is 0.220 e. The molecular formula is C12H19NOS. The number of carbonyl (C=O) groups excluding carboxylic acids is 1. The Balaban J connectivity index is 2.40. The van der Waals surface area contributed by atoms with Gasteiger partial charge in [-0.15, -0.1) is 0 Å². The number of carbonyl (C=O) groups is 1. The lowest BCUT2D eigenvalue weighted by atomic mass is 9.77. The molecule has 0 aromatic carbocycles. The maximum absolute atomic E-state index is 11.0. The molecule has 2 nitrogen and oxygen atoms in total. The lowest BCUT2D eigenvalue weighted by Crippen LogP contribution is -2.28. The second-order valence-electron chi connectivity index (χ2n) is 4.49. The zero-order valence-electron chi connectivity index (χ0n) is 9.29. The Morgan fingerprint density at radius 2 is 1.80 bits per heavy atom. The summed E-state index contributed by atoms with van der Waals surface area (Å²) in [6, 6.07) is 0. The van der Waals surface area contributed by atoms with Gasteiger partial charge in [-0.2, -0.15) is 0 Å². The van der Waals surface area contributed by atoms with Gasteiger partial charge in [-0.3, -0.25) is 4.79 Å². The largest absolute Gasteiger partial charge is 0.369 e. The second kappa shape index (κ2) is 5.40. The summed E-state index contributed by atoms with van der Waals surface area (Å²) in [5.74, 6) is 0.478. The predicted molar refractivity (Wildman–Crippen MR) is 66.7 cm³/mol. The Morgan fingerprint density at radius 3 is 2.20 bits per heavy atom. The number of hydrogen-bond donors (Lipinski definition) is 1. The van der Waals surface area contributed by atoms with Crippen LogP contribution in [-0.2, 0) is 4.79 Å². The van der Waals surface area contributed by atoms with Gasteiger partial charge in [0.25, 0.3) is 0 Å². The number of hydrogen-bond acceptors (Lipinski definition) is 2. The number of rotatable bonds is 4. The summed E-state index contributed by atoms with van der Waals surface area (Å²) in [5.41, 5.74) is 6.51. The van der Waals surface area contributed by atoms with Crippen molar-refractivity contribution in [2.75, 3.05) is 0 Å².